The number of rotatable bonds is 6. The Morgan fingerprint density at radius 2 is 1.39 bits per heavy atom. The standard InChI is InChI=1S/C24H18F4O3/c1-31-22-17(12-13-18(21(22)25)23(29)30)20(16-10-6-3-7-11-16)19(14-24(26,27)28)15-8-4-2-5-9-15/h2-13H,14H2,1H3,(H,29,30). The maximum atomic E-state index is 14.9. The third kappa shape index (κ3) is 4.94. The summed E-state index contributed by atoms with van der Waals surface area (Å²) < 4.78 is 60.8. The van der Waals surface area contributed by atoms with Gasteiger partial charge < -0.3 is 9.84 Å². The van der Waals surface area contributed by atoms with Crippen molar-refractivity contribution < 1.29 is 32.2 Å². The van der Waals surface area contributed by atoms with E-state index in [4.69, 9.17) is 4.74 Å². The Balaban J connectivity index is 2.44. The van der Waals surface area contributed by atoms with E-state index in [1.165, 1.54) is 6.07 Å². The first kappa shape index (κ1) is 22.1. The number of allylic oxidation sites excluding steroid dienone is 1. The Bertz CT molecular complexity index is 1100. The number of ether oxygens (including phenoxy) is 1. The smallest absolute Gasteiger partial charge is 0.393 e. The lowest BCUT2D eigenvalue weighted by Gasteiger charge is -2.21. The first-order chi connectivity index (χ1) is 14.7. The molecule has 1 N–H and O–H groups in total. The highest BCUT2D eigenvalue weighted by Crippen LogP contribution is 2.43. The Hall–Kier alpha value is -3.61. The minimum Gasteiger partial charge on any atom is -0.493 e. The van der Waals surface area contributed by atoms with Gasteiger partial charge in [-0.1, -0.05) is 60.7 Å². The molecular formula is C24H18F4O3. The number of aromatic carboxylic acids is 1. The summed E-state index contributed by atoms with van der Waals surface area (Å²) in [6.07, 6.45) is -5.81. The van der Waals surface area contributed by atoms with E-state index >= 15 is 0 Å². The van der Waals surface area contributed by atoms with Crippen molar-refractivity contribution in [3.05, 3.63) is 101 Å². The zero-order valence-corrected chi connectivity index (χ0v) is 16.4. The van der Waals surface area contributed by atoms with Crippen LogP contribution in [0.4, 0.5) is 17.6 Å². The van der Waals surface area contributed by atoms with Crippen LogP contribution in [-0.4, -0.2) is 24.4 Å². The average Bonchev–Trinajstić information content (AvgIpc) is 2.74. The van der Waals surface area contributed by atoms with Gasteiger partial charge in [0.05, 0.1) is 19.1 Å². The highest BCUT2D eigenvalue weighted by molar-refractivity contribution is 6.01. The predicted molar refractivity (Wildman–Crippen MR) is 109 cm³/mol. The number of halogens is 4. The second-order valence-corrected chi connectivity index (χ2v) is 6.69. The third-order valence-electron chi connectivity index (χ3n) is 4.66. The fraction of sp³-hybridized carbons (Fsp3) is 0.125. The van der Waals surface area contributed by atoms with Crippen molar-refractivity contribution in [1.29, 1.82) is 0 Å². The van der Waals surface area contributed by atoms with Crippen LogP contribution in [0.5, 0.6) is 5.75 Å². The first-order valence-electron chi connectivity index (χ1n) is 9.24. The van der Waals surface area contributed by atoms with Gasteiger partial charge in [-0.3, -0.25) is 0 Å². The summed E-state index contributed by atoms with van der Waals surface area (Å²) in [5, 5.41) is 9.22. The molecule has 0 aliphatic carbocycles. The number of carbonyl (C=O) groups is 1. The topological polar surface area (TPSA) is 46.5 Å². The van der Waals surface area contributed by atoms with E-state index in [2.05, 4.69) is 0 Å². The third-order valence-corrected chi connectivity index (χ3v) is 4.66. The van der Waals surface area contributed by atoms with Gasteiger partial charge in [-0.25, -0.2) is 9.18 Å². The summed E-state index contributed by atoms with van der Waals surface area (Å²) in [5.74, 6) is -3.10. The Morgan fingerprint density at radius 3 is 1.87 bits per heavy atom. The molecule has 3 nitrogen and oxygen atoms in total. The molecule has 0 aromatic heterocycles. The van der Waals surface area contributed by atoms with E-state index < -0.39 is 35.7 Å². The van der Waals surface area contributed by atoms with Crippen molar-refractivity contribution in [2.45, 2.75) is 12.6 Å². The molecule has 160 valence electrons. The van der Waals surface area contributed by atoms with Gasteiger partial charge >= 0.3 is 12.1 Å². The highest BCUT2D eigenvalue weighted by atomic mass is 19.4. The molecule has 3 aromatic rings. The van der Waals surface area contributed by atoms with Crippen LogP contribution in [-0.2, 0) is 0 Å². The molecule has 31 heavy (non-hydrogen) atoms. The lowest BCUT2D eigenvalue weighted by Crippen LogP contribution is -2.11. The molecule has 7 heteroatoms. The first-order valence-corrected chi connectivity index (χ1v) is 9.24. The van der Waals surface area contributed by atoms with E-state index in [0.717, 1.165) is 13.2 Å². The quantitative estimate of drug-likeness (QED) is 0.361. The Morgan fingerprint density at radius 1 is 0.871 bits per heavy atom. The molecule has 0 radical (unpaired) electrons. The zero-order chi connectivity index (χ0) is 22.6. The van der Waals surface area contributed by atoms with Crippen molar-refractivity contribution in [3.63, 3.8) is 0 Å². The minimum absolute atomic E-state index is 0.0271. The van der Waals surface area contributed by atoms with Crippen LogP contribution in [0.25, 0.3) is 11.1 Å². The molecule has 0 fully saturated rings. The van der Waals surface area contributed by atoms with E-state index in [-0.39, 0.29) is 16.7 Å². The fourth-order valence-electron chi connectivity index (χ4n) is 3.39. The molecule has 0 unspecified atom stereocenters. The number of carboxylic acid groups (broad SMARTS) is 1. The predicted octanol–water partition coefficient (Wildman–Crippen LogP) is 6.44. The SMILES string of the molecule is COc1c(C(=C(CC(F)(F)F)c2ccccc2)c2ccccc2)ccc(C(=O)O)c1F. The van der Waals surface area contributed by atoms with Gasteiger partial charge in [0.15, 0.2) is 11.6 Å². The maximum Gasteiger partial charge on any atom is 0.393 e. The maximum absolute atomic E-state index is 14.9. The van der Waals surface area contributed by atoms with Crippen molar-refractivity contribution in [3.8, 4) is 5.75 Å². The summed E-state index contributed by atoms with van der Waals surface area (Å²) in [7, 11) is 1.14. The van der Waals surface area contributed by atoms with Gasteiger partial charge in [0.1, 0.15) is 0 Å². The molecule has 0 saturated heterocycles. The van der Waals surface area contributed by atoms with Gasteiger partial charge in [-0.15, -0.1) is 0 Å². The van der Waals surface area contributed by atoms with Crippen molar-refractivity contribution in [2.24, 2.45) is 0 Å². The normalized spacial score (nSPS) is 12.3. The van der Waals surface area contributed by atoms with E-state index in [1.807, 2.05) is 0 Å². The van der Waals surface area contributed by atoms with Crippen LogP contribution in [0.15, 0.2) is 72.8 Å². The number of hydrogen-bond donors (Lipinski definition) is 1. The van der Waals surface area contributed by atoms with Gasteiger partial charge in [0.2, 0.25) is 0 Å². The lowest BCUT2D eigenvalue weighted by atomic mass is 9.86. The minimum atomic E-state index is -4.54. The summed E-state index contributed by atoms with van der Waals surface area (Å²) >= 11 is 0. The van der Waals surface area contributed by atoms with Crippen LogP contribution in [0.1, 0.15) is 33.5 Å². The van der Waals surface area contributed by atoms with Crippen LogP contribution >= 0.6 is 0 Å². The molecule has 3 aromatic carbocycles. The summed E-state index contributed by atoms with van der Waals surface area (Å²) in [6, 6.07) is 18.5. The average molecular weight is 430 g/mol. The van der Waals surface area contributed by atoms with Crippen LogP contribution in [0, 0.1) is 5.82 Å². The fourth-order valence-corrected chi connectivity index (χ4v) is 3.39. The lowest BCUT2D eigenvalue weighted by molar-refractivity contribution is -0.122. The molecule has 0 heterocycles. The number of carboxylic acids is 1. The number of alkyl halides is 3. The number of methoxy groups -OCH3 is 1. The second kappa shape index (κ2) is 9.04. The van der Waals surface area contributed by atoms with Crippen LogP contribution in [0.2, 0.25) is 0 Å². The monoisotopic (exact) mass is 430 g/mol. The summed E-state index contributed by atoms with van der Waals surface area (Å²) in [5.41, 5.74) is 0.135. The second-order valence-electron chi connectivity index (χ2n) is 6.69. The molecule has 0 aliphatic heterocycles. The van der Waals surface area contributed by atoms with E-state index in [0.29, 0.717) is 11.1 Å². The zero-order valence-electron chi connectivity index (χ0n) is 16.4. The largest absolute Gasteiger partial charge is 0.493 e. The van der Waals surface area contributed by atoms with Crippen LogP contribution in [0.3, 0.4) is 0 Å². The van der Waals surface area contributed by atoms with Crippen molar-refractivity contribution in [2.75, 3.05) is 7.11 Å². The molecule has 3 rings (SSSR count). The Kier molecular flexibility index (Phi) is 6.44. The molecule has 0 bridgehead atoms. The molecule has 0 saturated carbocycles. The molecule has 0 aliphatic rings. The van der Waals surface area contributed by atoms with E-state index in [1.54, 1.807) is 60.7 Å². The molecular weight excluding hydrogens is 412 g/mol. The van der Waals surface area contributed by atoms with Gasteiger partial charge in [-0.2, -0.15) is 13.2 Å². The molecule has 0 amide bonds. The number of benzene rings is 3. The van der Waals surface area contributed by atoms with Crippen molar-refractivity contribution in [1.82, 2.24) is 0 Å². The van der Waals surface area contributed by atoms with Gasteiger partial charge in [0.25, 0.3) is 0 Å². The van der Waals surface area contributed by atoms with Crippen molar-refractivity contribution >= 4 is 17.1 Å². The van der Waals surface area contributed by atoms with E-state index in [9.17, 15) is 27.5 Å². The molecule has 0 spiro atoms. The number of hydrogen-bond acceptors (Lipinski definition) is 2. The van der Waals surface area contributed by atoms with Crippen LogP contribution < -0.4 is 4.74 Å². The highest BCUT2D eigenvalue weighted by Gasteiger charge is 2.32. The molecule has 0 atom stereocenters. The summed E-state index contributed by atoms with van der Waals surface area (Å²) in [6.45, 7) is 0. The summed E-state index contributed by atoms with van der Waals surface area (Å²) in [4.78, 5) is 11.3. The van der Waals surface area contributed by atoms with Gasteiger partial charge in [0, 0.05) is 5.56 Å². The van der Waals surface area contributed by atoms with Gasteiger partial charge in [-0.05, 0) is 34.4 Å². The Labute approximate surface area is 176 Å².